The third kappa shape index (κ3) is 5.72. The Morgan fingerprint density at radius 2 is 2.02 bits per heavy atom. The number of nitrogens with zero attached hydrogens (tertiary/aromatic N) is 6. The predicted molar refractivity (Wildman–Crippen MR) is 158 cm³/mol. The van der Waals surface area contributed by atoms with Crippen molar-refractivity contribution in [3.05, 3.63) is 77.6 Å². The van der Waals surface area contributed by atoms with E-state index in [0.29, 0.717) is 49.7 Å². The fourth-order valence-corrected chi connectivity index (χ4v) is 5.32. The molecule has 2 amide bonds. The van der Waals surface area contributed by atoms with Crippen LogP contribution >= 0.6 is 0 Å². The molecule has 1 unspecified atom stereocenters. The molecule has 0 bridgehead atoms. The maximum atomic E-state index is 15.9. The molecule has 0 saturated carbocycles. The lowest BCUT2D eigenvalue weighted by Crippen LogP contribution is -2.55. The standard InChI is InChI=1S/C31H34F2N6O3/c1-6-9-24-29(19(3)12-13-35-24)39(18-40)31-21(16-23(33)28(36-31)27-22(32)10-8-11-25(27)41)30(34-5)38-15-14-37(17-20(38)4)26(42)7-2/h7-8,10-13,16,18,20,41H,2,6,9,14-15,17H2,1,3-5H3. The Kier molecular flexibility index (Phi) is 9.29. The van der Waals surface area contributed by atoms with Crippen LogP contribution < -0.4 is 4.90 Å². The van der Waals surface area contributed by atoms with Crippen molar-refractivity contribution >= 4 is 29.7 Å². The molecule has 220 valence electrons. The second-order valence-corrected chi connectivity index (χ2v) is 10.1. The van der Waals surface area contributed by atoms with E-state index in [1.807, 2.05) is 25.7 Å². The van der Waals surface area contributed by atoms with E-state index >= 15 is 4.39 Å². The first kappa shape index (κ1) is 30.3. The Labute approximate surface area is 243 Å². The van der Waals surface area contributed by atoms with Gasteiger partial charge in [0.05, 0.1) is 22.5 Å². The van der Waals surface area contributed by atoms with E-state index in [2.05, 4.69) is 21.5 Å². The average molecular weight is 577 g/mol. The second-order valence-electron chi connectivity index (χ2n) is 10.1. The molecule has 1 saturated heterocycles. The number of carbonyl (C=O) groups excluding carboxylic acids is 2. The van der Waals surface area contributed by atoms with Crippen LogP contribution in [0.3, 0.4) is 0 Å². The van der Waals surface area contributed by atoms with Crippen molar-refractivity contribution in [1.82, 2.24) is 19.8 Å². The number of anilines is 2. The molecule has 1 aliphatic heterocycles. The number of benzene rings is 1. The molecule has 11 heteroatoms. The topological polar surface area (TPSA) is 102 Å². The number of hydrogen-bond donors (Lipinski definition) is 1. The van der Waals surface area contributed by atoms with Crippen LogP contribution in [0.4, 0.5) is 20.3 Å². The number of hydrogen-bond acceptors (Lipinski definition) is 6. The lowest BCUT2D eigenvalue weighted by molar-refractivity contribution is -0.128. The zero-order valence-electron chi connectivity index (χ0n) is 24.1. The average Bonchev–Trinajstić information content (AvgIpc) is 2.97. The van der Waals surface area contributed by atoms with E-state index in [4.69, 9.17) is 0 Å². The highest BCUT2D eigenvalue weighted by molar-refractivity contribution is 6.07. The fraction of sp³-hybridized carbons (Fsp3) is 0.323. The van der Waals surface area contributed by atoms with Crippen LogP contribution in [-0.2, 0) is 16.0 Å². The lowest BCUT2D eigenvalue weighted by Gasteiger charge is -2.41. The van der Waals surface area contributed by atoms with E-state index in [9.17, 15) is 19.1 Å². The molecule has 0 radical (unpaired) electrons. The van der Waals surface area contributed by atoms with Gasteiger partial charge in [-0.2, -0.15) is 0 Å². The minimum absolute atomic E-state index is 0.00472. The van der Waals surface area contributed by atoms with Crippen molar-refractivity contribution in [3.8, 4) is 17.0 Å². The van der Waals surface area contributed by atoms with E-state index in [0.717, 1.165) is 24.1 Å². The van der Waals surface area contributed by atoms with Gasteiger partial charge in [-0.1, -0.05) is 26.0 Å². The number of amidine groups is 1. The highest BCUT2D eigenvalue weighted by atomic mass is 19.1. The number of aromatic hydroxyl groups is 1. The lowest BCUT2D eigenvalue weighted by atomic mass is 10.0. The fourth-order valence-electron chi connectivity index (χ4n) is 5.32. The number of rotatable bonds is 8. The zero-order chi connectivity index (χ0) is 30.6. The van der Waals surface area contributed by atoms with Crippen LogP contribution in [-0.4, -0.2) is 75.8 Å². The Bertz CT molecular complexity index is 1520. The van der Waals surface area contributed by atoms with Gasteiger partial charge in [0, 0.05) is 38.9 Å². The Morgan fingerprint density at radius 1 is 1.26 bits per heavy atom. The van der Waals surface area contributed by atoms with Gasteiger partial charge in [0.25, 0.3) is 0 Å². The number of aromatic nitrogens is 2. The Hall–Kier alpha value is -4.67. The summed E-state index contributed by atoms with van der Waals surface area (Å²) < 4.78 is 30.9. The van der Waals surface area contributed by atoms with Crippen LogP contribution in [0.5, 0.6) is 5.75 Å². The molecule has 1 aromatic carbocycles. The smallest absolute Gasteiger partial charge is 0.246 e. The first-order valence-electron chi connectivity index (χ1n) is 13.7. The summed E-state index contributed by atoms with van der Waals surface area (Å²) in [7, 11) is 1.55. The first-order valence-corrected chi connectivity index (χ1v) is 13.7. The number of pyridine rings is 2. The van der Waals surface area contributed by atoms with Gasteiger partial charge in [0.2, 0.25) is 12.3 Å². The van der Waals surface area contributed by atoms with E-state index in [1.165, 1.54) is 23.1 Å². The number of aryl methyl sites for hydroxylation is 2. The van der Waals surface area contributed by atoms with Crippen molar-refractivity contribution in [3.63, 3.8) is 0 Å². The molecule has 2 aromatic heterocycles. The van der Waals surface area contributed by atoms with Crippen LogP contribution in [0.25, 0.3) is 11.3 Å². The van der Waals surface area contributed by atoms with Crippen molar-refractivity contribution in [2.75, 3.05) is 31.6 Å². The zero-order valence-corrected chi connectivity index (χ0v) is 24.1. The number of aliphatic imine (C=N–C) groups is 1. The van der Waals surface area contributed by atoms with E-state index in [-0.39, 0.29) is 23.3 Å². The summed E-state index contributed by atoms with van der Waals surface area (Å²) in [6.07, 6.45) is 4.79. The predicted octanol–water partition coefficient (Wildman–Crippen LogP) is 4.78. The van der Waals surface area contributed by atoms with Crippen molar-refractivity contribution in [2.45, 2.75) is 39.7 Å². The molecule has 1 fully saturated rings. The van der Waals surface area contributed by atoms with Gasteiger partial charge in [0.1, 0.15) is 23.1 Å². The summed E-state index contributed by atoms with van der Waals surface area (Å²) >= 11 is 0. The summed E-state index contributed by atoms with van der Waals surface area (Å²) in [5, 5.41) is 10.5. The SMILES string of the molecule is C=CC(=O)N1CCN(C(=NC)c2cc(F)c(-c3c(O)cccc3F)nc2N(C=O)c2c(C)ccnc2CCC)C(C)C1. The molecule has 1 N–H and O–H groups in total. The minimum atomic E-state index is -0.911. The van der Waals surface area contributed by atoms with Crippen LogP contribution in [0.1, 0.15) is 37.1 Å². The molecule has 0 aliphatic carbocycles. The maximum absolute atomic E-state index is 15.9. The van der Waals surface area contributed by atoms with Crippen molar-refractivity contribution in [2.24, 2.45) is 4.99 Å². The normalized spacial score (nSPS) is 15.5. The largest absolute Gasteiger partial charge is 0.507 e. The monoisotopic (exact) mass is 576 g/mol. The number of piperazine rings is 1. The van der Waals surface area contributed by atoms with E-state index in [1.54, 1.807) is 24.2 Å². The molecule has 3 heterocycles. The summed E-state index contributed by atoms with van der Waals surface area (Å²) in [4.78, 5) is 43.5. The van der Waals surface area contributed by atoms with Gasteiger partial charge in [-0.15, -0.1) is 0 Å². The Morgan fingerprint density at radius 3 is 2.64 bits per heavy atom. The summed E-state index contributed by atoms with van der Waals surface area (Å²) in [6.45, 7) is 10.4. The molecule has 1 aliphatic rings. The summed E-state index contributed by atoms with van der Waals surface area (Å²) in [5.74, 6) is -2.14. The van der Waals surface area contributed by atoms with Crippen LogP contribution in [0.15, 0.2) is 54.2 Å². The minimum Gasteiger partial charge on any atom is -0.507 e. The van der Waals surface area contributed by atoms with Gasteiger partial charge < -0.3 is 14.9 Å². The van der Waals surface area contributed by atoms with E-state index < -0.39 is 28.6 Å². The maximum Gasteiger partial charge on any atom is 0.246 e. The number of halogens is 2. The third-order valence-corrected chi connectivity index (χ3v) is 7.29. The number of carbonyl (C=O) groups is 2. The molecule has 0 spiro atoms. The number of phenols is 1. The van der Waals surface area contributed by atoms with Crippen molar-refractivity contribution < 1.29 is 23.5 Å². The molecular formula is C31H34F2N6O3. The molecular weight excluding hydrogens is 542 g/mol. The van der Waals surface area contributed by atoms with Crippen LogP contribution in [0.2, 0.25) is 0 Å². The highest BCUT2D eigenvalue weighted by Crippen LogP contribution is 2.38. The molecule has 4 rings (SSSR count). The Balaban J connectivity index is 1.96. The second kappa shape index (κ2) is 12.9. The molecule has 3 aromatic rings. The van der Waals surface area contributed by atoms with Gasteiger partial charge in [-0.3, -0.25) is 24.5 Å². The summed E-state index contributed by atoms with van der Waals surface area (Å²) in [5.41, 5.74) is 1.14. The van der Waals surface area contributed by atoms with Crippen molar-refractivity contribution in [1.29, 1.82) is 0 Å². The number of phenolic OH excluding ortho intramolecular Hbond substituents is 1. The molecule has 1 atom stereocenters. The summed E-state index contributed by atoms with van der Waals surface area (Å²) in [6, 6.07) is 6.31. The van der Waals surface area contributed by atoms with Gasteiger partial charge >= 0.3 is 0 Å². The molecule has 42 heavy (non-hydrogen) atoms. The number of amides is 2. The van der Waals surface area contributed by atoms with Gasteiger partial charge in [-0.25, -0.2) is 13.8 Å². The van der Waals surface area contributed by atoms with Gasteiger partial charge in [-0.05, 0) is 56.2 Å². The quantitative estimate of drug-likeness (QED) is 0.179. The third-order valence-electron chi connectivity index (χ3n) is 7.29. The van der Waals surface area contributed by atoms with Gasteiger partial charge in [0.15, 0.2) is 11.6 Å². The highest BCUT2D eigenvalue weighted by Gasteiger charge is 2.33. The van der Waals surface area contributed by atoms with Crippen LogP contribution in [0, 0.1) is 18.6 Å². The molecule has 9 nitrogen and oxygen atoms in total. The first-order chi connectivity index (χ1) is 20.2.